The Labute approximate surface area is 146 Å². The van der Waals surface area contributed by atoms with Crippen LogP contribution in [0.3, 0.4) is 0 Å². The minimum atomic E-state index is 0.672. The molecule has 0 bridgehead atoms. The number of aromatic nitrogens is 3. The summed E-state index contributed by atoms with van der Waals surface area (Å²) >= 11 is 3.52. The lowest BCUT2D eigenvalue weighted by atomic mass is 10.0. The van der Waals surface area contributed by atoms with Crippen molar-refractivity contribution in [3.63, 3.8) is 0 Å². The fourth-order valence-corrected chi connectivity index (χ4v) is 3.29. The molecule has 2 aromatic heterocycles. The van der Waals surface area contributed by atoms with Crippen molar-refractivity contribution < 1.29 is 9.47 Å². The predicted molar refractivity (Wildman–Crippen MR) is 97.6 cm³/mol. The van der Waals surface area contributed by atoms with E-state index < -0.39 is 0 Å². The molecule has 0 radical (unpaired) electrons. The van der Waals surface area contributed by atoms with Gasteiger partial charge in [0.15, 0.2) is 17.1 Å². The summed E-state index contributed by atoms with van der Waals surface area (Å²) < 4.78 is 11.9. The summed E-state index contributed by atoms with van der Waals surface area (Å²) in [4.78, 5) is 4.77. The van der Waals surface area contributed by atoms with Crippen LogP contribution in [0, 0.1) is 0 Å². The standard InChI is InChI=1S/C18H14BrN3O2/c1-23-15-7-12-13(8-16(15)24-2)17(10-4-3-5-11(19)6-10)21-18-14(12)9-20-22-18/h3-9H,1-2H3,(H,20,21,22). The normalized spacial score (nSPS) is 11.1. The van der Waals surface area contributed by atoms with Gasteiger partial charge in [0.1, 0.15) is 0 Å². The number of ether oxygens (including phenoxy) is 2. The van der Waals surface area contributed by atoms with E-state index >= 15 is 0 Å². The Morgan fingerprint density at radius 1 is 0.958 bits per heavy atom. The highest BCUT2D eigenvalue weighted by Crippen LogP contribution is 2.39. The number of hydrogen-bond acceptors (Lipinski definition) is 4. The average molecular weight is 384 g/mol. The molecule has 6 heteroatoms. The van der Waals surface area contributed by atoms with Crippen molar-refractivity contribution >= 4 is 37.7 Å². The number of H-pyrrole nitrogens is 1. The minimum Gasteiger partial charge on any atom is -0.493 e. The van der Waals surface area contributed by atoms with Crippen LogP contribution >= 0.6 is 15.9 Å². The third-order valence-corrected chi connectivity index (χ3v) is 4.50. The van der Waals surface area contributed by atoms with E-state index in [1.807, 2.05) is 36.4 Å². The van der Waals surface area contributed by atoms with Crippen molar-refractivity contribution in [2.75, 3.05) is 14.2 Å². The number of nitrogens with zero attached hydrogens (tertiary/aromatic N) is 2. The van der Waals surface area contributed by atoms with Gasteiger partial charge in [0.2, 0.25) is 0 Å². The van der Waals surface area contributed by atoms with E-state index in [0.717, 1.165) is 37.5 Å². The van der Waals surface area contributed by atoms with Gasteiger partial charge < -0.3 is 9.47 Å². The number of methoxy groups -OCH3 is 2. The molecule has 0 aliphatic heterocycles. The van der Waals surface area contributed by atoms with Gasteiger partial charge in [-0.1, -0.05) is 28.1 Å². The van der Waals surface area contributed by atoms with Gasteiger partial charge in [-0.05, 0) is 24.3 Å². The van der Waals surface area contributed by atoms with Gasteiger partial charge in [-0.25, -0.2) is 4.98 Å². The van der Waals surface area contributed by atoms with Crippen molar-refractivity contribution in [1.29, 1.82) is 0 Å². The Hall–Kier alpha value is -2.60. The third kappa shape index (κ3) is 2.30. The van der Waals surface area contributed by atoms with E-state index in [9.17, 15) is 0 Å². The second-order valence-electron chi connectivity index (χ2n) is 5.36. The molecule has 4 aromatic rings. The summed E-state index contributed by atoms with van der Waals surface area (Å²) in [6, 6.07) is 12.0. The van der Waals surface area contributed by atoms with Crippen LogP contribution in [-0.4, -0.2) is 29.4 Å². The maximum absolute atomic E-state index is 5.47. The van der Waals surface area contributed by atoms with Gasteiger partial charge in [0.25, 0.3) is 0 Å². The maximum atomic E-state index is 5.47. The smallest absolute Gasteiger partial charge is 0.161 e. The van der Waals surface area contributed by atoms with Crippen LogP contribution < -0.4 is 9.47 Å². The summed E-state index contributed by atoms with van der Waals surface area (Å²) in [5, 5.41) is 10.0. The van der Waals surface area contributed by atoms with Crippen LogP contribution in [0.4, 0.5) is 0 Å². The van der Waals surface area contributed by atoms with E-state index in [4.69, 9.17) is 14.5 Å². The Balaban J connectivity index is 2.14. The van der Waals surface area contributed by atoms with E-state index in [1.165, 1.54) is 0 Å². The Morgan fingerprint density at radius 3 is 2.42 bits per heavy atom. The van der Waals surface area contributed by atoms with Crippen LogP contribution in [0.1, 0.15) is 0 Å². The number of benzene rings is 2. The van der Waals surface area contributed by atoms with Crippen molar-refractivity contribution in [2.24, 2.45) is 0 Å². The molecule has 0 amide bonds. The number of halogens is 1. The lowest BCUT2D eigenvalue weighted by Gasteiger charge is -2.12. The molecule has 0 aliphatic carbocycles. The van der Waals surface area contributed by atoms with Gasteiger partial charge in [0, 0.05) is 26.2 Å². The third-order valence-electron chi connectivity index (χ3n) is 4.01. The van der Waals surface area contributed by atoms with E-state index in [-0.39, 0.29) is 0 Å². The summed E-state index contributed by atoms with van der Waals surface area (Å²) in [6.07, 6.45) is 1.78. The molecule has 2 aromatic carbocycles. The van der Waals surface area contributed by atoms with Crippen LogP contribution in [0.5, 0.6) is 11.5 Å². The average Bonchev–Trinajstić information content (AvgIpc) is 3.08. The topological polar surface area (TPSA) is 60.0 Å². The molecular formula is C18H14BrN3O2. The highest BCUT2D eigenvalue weighted by Gasteiger charge is 2.15. The first-order valence-electron chi connectivity index (χ1n) is 7.36. The van der Waals surface area contributed by atoms with Crippen molar-refractivity contribution in [2.45, 2.75) is 0 Å². The Kier molecular flexibility index (Phi) is 3.61. The maximum Gasteiger partial charge on any atom is 0.161 e. The molecule has 4 rings (SSSR count). The molecule has 0 saturated heterocycles. The van der Waals surface area contributed by atoms with Gasteiger partial charge in [-0.3, -0.25) is 5.10 Å². The van der Waals surface area contributed by atoms with Gasteiger partial charge in [-0.15, -0.1) is 0 Å². The first-order chi connectivity index (χ1) is 11.7. The molecule has 120 valence electrons. The molecule has 0 spiro atoms. The van der Waals surface area contributed by atoms with Crippen molar-refractivity contribution in [1.82, 2.24) is 15.2 Å². The lowest BCUT2D eigenvalue weighted by Crippen LogP contribution is -1.94. The summed E-state index contributed by atoms with van der Waals surface area (Å²) in [5.74, 6) is 1.35. The number of pyridine rings is 1. The zero-order valence-corrected chi connectivity index (χ0v) is 14.7. The molecule has 1 N–H and O–H groups in total. The number of aromatic amines is 1. The predicted octanol–water partition coefficient (Wildman–Crippen LogP) is 4.56. The fourth-order valence-electron chi connectivity index (χ4n) is 2.89. The lowest BCUT2D eigenvalue weighted by molar-refractivity contribution is 0.356. The summed E-state index contributed by atoms with van der Waals surface area (Å²) in [5.41, 5.74) is 2.62. The first kappa shape index (κ1) is 15.0. The van der Waals surface area contributed by atoms with E-state index in [1.54, 1.807) is 20.4 Å². The molecule has 0 unspecified atom stereocenters. The Morgan fingerprint density at radius 2 is 1.71 bits per heavy atom. The monoisotopic (exact) mass is 383 g/mol. The zero-order valence-electron chi connectivity index (χ0n) is 13.1. The highest BCUT2D eigenvalue weighted by molar-refractivity contribution is 9.10. The van der Waals surface area contributed by atoms with Gasteiger partial charge in [-0.2, -0.15) is 5.10 Å². The van der Waals surface area contributed by atoms with Gasteiger partial charge >= 0.3 is 0 Å². The molecule has 0 aliphatic rings. The quantitative estimate of drug-likeness (QED) is 0.563. The molecule has 0 atom stereocenters. The molecule has 24 heavy (non-hydrogen) atoms. The molecular weight excluding hydrogens is 370 g/mol. The number of nitrogens with one attached hydrogen (secondary N) is 1. The minimum absolute atomic E-state index is 0.672. The second kappa shape index (κ2) is 5.79. The molecule has 0 fully saturated rings. The molecule has 0 saturated carbocycles. The zero-order chi connectivity index (χ0) is 16.7. The van der Waals surface area contributed by atoms with Crippen LogP contribution in [0.2, 0.25) is 0 Å². The van der Waals surface area contributed by atoms with Crippen LogP contribution in [0.25, 0.3) is 33.1 Å². The summed E-state index contributed by atoms with van der Waals surface area (Å²) in [6.45, 7) is 0. The van der Waals surface area contributed by atoms with E-state index in [0.29, 0.717) is 11.5 Å². The Bertz CT molecular complexity index is 1060. The fraction of sp³-hybridized carbons (Fsp3) is 0.111. The second-order valence-corrected chi connectivity index (χ2v) is 6.27. The molecule has 5 nitrogen and oxygen atoms in total. The largest absolute Gasteiger partial charge is 0.493 e. The SMILES string of the molecule is COc1cc2c(-c3cccc(Br)c3)nc3[nH]ncc3c2cc1OC. The van der Waals surface area contributed by atoms with Crippen LogP contribution in [-0.2, 0) is 0 Å². The first-order valence-corrected chi connectivity index (χ1v) is 8.15. The van der Waals surface area contributed by atoms with Gasteiger partial charge in [0.05, 0.1) is 26.1 Å². The van der Waals surface area contributed by atoms with E-state index in [2.05, 4.69) is 26.1 Å². The highest BCUT2D eigenvalue weighted by atomic mass is 79.9. The number of hydrogen-bond donors (Lipinski definition) is 1. The van der Waals surface area contributed by atoms with Crippen molar-refractivity contribution in [3.8, 4) is 22.8 Å². The van der Waals surface area contributed by atoms with Crippen LogP contribution in [0.15, 0.2) is 47.1 Å². The summed E-state index contributed by atoms with van der Waals surface area (Å²) in [7, 11) is 3.26. The number of fused-ring (bicyclic) bond motifs is 3. The number of rotatable bonds is 3. The van der Waals surface area contributed by atoms with Crippen molar-refractivity contribution in [3.05, 3.63) is 47.1 Å². The molecule has 2 heterocycles.